The first-order chi connectivity index (χ1) is 9.70. The van der Waals surface area contributed by atoms with Gasteiger partial charge in [0.15, 0.2) is 0 Å². The molecule has 20 heavy (non-hydrogen) atoms. The molecule has 1 heterocycles. The van der Waals surface area contributed by atoms with Gasteiger partial charge in [0.2, 0.25) is 0 Å². The molecular formula is C17H27ClN2. The molecule has 0 aliphatic carbocycles. The van der Waals surface area contributed by atoms with Crippen LogP contribution < -0.4 is 5.32 Å². The topological polar surface area (TPSA) is 15.3 Å². The van der Waals surface area contributed by atoms with Crippen LogP contribution in [0, 0.1) is 0 Å². The summed E-state index contributed by atoms with van der Waals surface area (Å²) in [5.41, 5.74) is 1.32. The van der Waals surface area contributed by atoms with Crippen molar-refractivity contribution >= 4 is 11.6 Å². The Labute approximate surface area is 128 Å². The van der Waals surface area contributed by atoms with Crippen LogP contribution in [0.5, 0.6) is 0 Å². The van der Waals surface area contributed by atoms with Gasteiger partial charge in [-0.1, -0.05) is 30.7 Å². The summed E-state index contributed by atoms with van der Waals surface area (Å²) < 4.78 is 0. The molecule has 0 radical (unpaired) electrons. The van der Waals surface area contributed by atoms with Crippen LogP contribution in [0.2, 0.25) is 5.02 Å². The van der Waals surface area contributed by atoms with Gasteiger partial charge < -0.3 is 10.2 Å². The predicted molar refractivity (Wildman–Crippen MR) is 87.4 cm³/mol. The van der Waals surface area contributed by atoms with E-state index in [1.54, 1.807) is 0 Å². The molecular weight excluding hydrogens is 268 g/mol. The maximum atomic E-state index is 6.14. The Bertz CT molecular complexity index is 408. The Hall–Kier alpha value is -0.570. The molecule has 0 amide bonds. The molecule has 0 aromatic heterocycles. The maximum absolute atomic E-state index is 6.14. The average molecular weight is 295 g/mol. The van der Waals surface area contributed by atoms with Crippen molar-refractivity contribution in [1.82, 2.24) is 10.2 Å². The summed E-state index contributed by atoms with van der Waals surface area (Å²) >= 11 is 6.14. The SMILES string of the molecule is CCCNC(CCN1CCCC1C)c1cccc(Cl)c1. The zero-order chi connectivity index (χ0) is 14.4. The maximum Gasteiger partial charge on any atom is 0.0409 e. The minimum Gasteiger partial charge on any atom is -0.310 e. The quantitative estimate of drug-likeness (QED) is 0.808. The van der Waals surface area contributed by atoms with Gasteiger partial charge in [0.1, 0.15) is 0 Å². The van der Waals surface area contributed by atoms with Crippen molar-refractivity contribution in [3.05, 3.63) is 34.9 Å². The van der Waals surface area contributed by atoms with Gasteiger partial charge in [0, 0.05) is 23.7 Å². The molecule has 3 heteroatoms. The summed E-state index contributed by atoms with van der Waals surface area (Å²) in [4.78, 5) is 2.62. The molecule has 1 fully saturated rings. The molecule has 112 valence electrons. The van der Waals surface area contributed by atoms with Crippen molar-refractivity contribution in [1.29, 1.82) is 0 Å². The zero-order valence-corrected chi connectivity index (χ0v) is 13.5. The lowest BCUT2D eigenvalue weighted by Gasteiger charge is -2.25. The number of nitrogens with one attached hydrogen (secondary N) is 1. The van der Waals surface area contributed by atoms with Crippen LogP contribution in [0.25, 0.3) is 0 Å². The minimum absolute atomic E-state index is 0.418. The largest absolute Gasteiger partial charge is 0.310 e. The van der Waals surface area contributed by atoms with Gasteiger partial charge in [-0.3, -0.25) is 0 Å². The van der Waals surface area contributed by atoms with E-state index in [9.17, 15) is 0 Å². The van der Waals surface area contributed by atoms with Crippen LogP contribution in [0.1, 0.15) is 51.1 Å². The lowest BCUT2D eigenvalue weighted by molar-refractivity contribution is 0.251. The number of nitrogens with zero attached hydrogens (tertiary/aromatic N) is 1. The molecule has 1 aromatic rings. The third kappa shape index (κ3) is 4.47. The highest BCUT2D eigenvalue weighted by Gasteiger charge is 2.21. The molecule has 1 aliphatic heterocycles. The van der Waals surface area contributed by atoms with Crippen LogP contribution in [0.4, 0.5) is 0 Å². The first-order valence-electron chi connectivity index (χ1n) is 7.93. The Morgan fingerprint density at radius 3 is 2.95 bits per heavy atom. The fourth-order valence-electron chi connectivity index (χ4n) is 3.05. The van der Waals surface area contributed by atoms with E-state index in [4.69, 9.17) is 11.6 Å². The Kier molecular flexibility index (Phi) is 6.34. The second-order valence-corrected chi connectivity index (χ2v) is 6.31. The van der Waals surface area contributed by atoms with Gasteiger partial charge in [0.05, 0.1) is 0 Å². The molecule has 1 saturated heterocycles. The van der Waals surface area contributed by atoms with Crippen LogP contribution >= 0.6 is 11.6 Å². The highest BCUT2D eigenvalue weighted by molar-refractivity contribution is 6.30. The standard InChI is InChI=1S/C17H27ClN2/c1-3-10-19-17(15-7-4-8-16(18)13-15)9-12-20-11-5-6-14(20)2/h4,7-8,13-14,17,19H,3,5-6,9-12H2,1-2H3. The van der Waals surface area contributed by atoms with E-state index in [0.717, 1.165) is 30.5 Å². The molecule has 1 aromatic carbocycles. The third-order valence-electron chi connectivity index (χ3n) is 4.29. The van der Waals surface area contributed by atoms with E-state index in [0.29, 0.717) is 6.04 Å². The van der Waals surface area contributed by atoms with E-state index in [1.807, 2.05) is 6.07 Å². The first kappa shape index (κ1) is 15.8. The molecule has 2 rings (SSSR count). The van der Waals surface area contributed by atoms with Crippen molar-refractivity contribution in [2.24, 2.45) is 0 Å². The molecule has 2 unspecified atom stereocenters. The van der Waals surface area contributed by atoms with Crippen LogP contribution in [-0.2, 0) is 0 Å². The molecule has 2 atom stereocenters. The summed E-state index contributed by atoms with van der Waals surface area (Å²) in [7, 11) is 0. The summed E-state index contributed by atoms with van der Waals surface area (Å²) in [6.45, 7) is 8.06. The second kappa shape index (κ2) is 8.02. The third-order valence-corrected chi connectivity index (χ3v) is 4.52. The van der Waals surface area contributed by atoms with Gasteiger partial charge in [-0.25, -0.2) is 0 Å². The molecule has 0 saturated carbocycles. The van der Waals surface area contributed by atoms with Gasteiger partial charge in [-0.05, 0) is 63.4 Å². The highest BCUT2D eigenvalue weighted by atomic mass is 35.5. The van der Waals surface area contributed by atoms with Crippen LogP contribution in [-0.4, -0.2) is 30.6 Å². The first-order valence-corrected chi connectivity index (χ1v) is 8.31. The lowest BCUT2D eigenvalue weighted by Crippen LogP contribution is -2.32. The number of halogens is 1. The Morgan fingerprint density at radius 2 is 2.30 bits per heavy atom. The predicted octanol–water partition coefficient (Wildman–Crippen LogP) is 4.26. The number of likely N-dealkylation sites (tertiary alicyclic amines) is 1. The van der Waals surface area contributed by atoms with Crippen molar-refractivity contribution < 1.29 is 0 Å². The van der Waals surface area contributed by atoms with Crippen molar-refractivity contribution in [3.8, 4) is 0 Å². The molecule has 0 spiro atoms. The van der Waals surface area contributed by atoms with E-state index >= 15 is 0 Å². The number of hydrogen-bond acceptors (Lipinski definition) is 2. The number of hydrogen-bond donors (Lipinski definition) is 1. The van der Waals surface area contributed by atoms with Gasteiger partial charge in [-0.15, -0.1) is 0 Å². The zero-order valence-electron chi connectivity index (χ0n) is 12.7. The minimum atomic E-state index is 0.418. The van der Waals surface area contributed by atoms with E-state index in [2.05, 4.69) is 42.3 Å². The van der Waals surface area contributed by atoms with Gasteiger partial charge in [0.25, 0.3) is 0 Å². The molecule has 1 N–H and O–H groups in total. The molecule has 2 nitrogen and oxygen atoms in total. The summed E-state index contributed by atoms with van der Waals surface area (Å²) in [6, 6.07) is 9.46. The molecule has 1 aliphatic rings. The highest BCUT2D eigenvalue weighted by Crippen LogP contribution is 2.23. The van der Waals surface area contributed by atoms with Crippen molar-refractivity contribution in [2.75, 3.05) is 19.6 Å². The smallest absolute Gasteiger partial charge is 0.0409 e. The van der Waals surface area contributed by atoms with E-state index in [-0.39, 0.29) is 0 Å². The number of rotatable bonds is 7. The lowest BCUT2D eigenvalue weighted by atomic mass is 10.0. The fraction of sp³-hybridized carbons (Fsp3) is 0.647. The summed E-state index contributed by atoms with van der Waals surface area (Å²) in [6.07, 6.45) is 5.03. The Balaban J connectivity index is 1.96. The van der Waals surface area contributed by atoms with E-state index in [1.165, 1.54) is 31.5 Å². The second-order valence-electron chi connectivity index (χ2n) is 5.88. The fourth-order valence-corrected chi connectivity index (χ4v) is 3.25. The van der Waals surface area contributed by atoms with Crippen LogP contribution in [0.15, 0.2) is 24.3 Å². The van der Waals surface area contributed by atoms with Gasteiger partial charge >= 0.3 is 0 Å². The summed E-state index contributed by atoms with van der Waals surface area (Å²) in [5.74, 6) is 0. The van der Waals surface area contributed by atoms with Gasteiger partial charge in [-0.2, -0.15) is 0 Å². The molecule has 0 bridgehead atoms. The average Bonchev–Trinajstić information content (AvgIpc) is 2.84. The number of benzene rings is 1. The van der Waals surface area contributed by atoms with Crippen molar-refractivity contribution in [3.63, 3.8) is 0 Å². The van der Waals surface area contributed by atoms with Crippen LogP contribution in [0.3, 0.4) is 0 Å². The van der Waals surface area contributed by atoms with Crippen molar-refractivity contribution in [2.45, 2.75) is 51.6 Å². The summed E-state index contributed by atoms with van der Waals surface area (Å²) in [5, 5.41) is 4.50. The normalized spacial score (nSPS) is 21.2. The monoisotopic (exact) mass is 294 g/mol. The Morgan fingerprint density at radius 1 is 1.45 bits per heavy atom. The van der Waals surface area contributed by atoms with E-state index < -0.39 is 0 Å².